The first-order valence-electron chi connectivity index (χ1n) is 6.40. The van der Waals surface area contributed by atoms with Gasteiger partial charge in [-0.05, 0) is 65.8 Å². The number of amides is 1. The van der Waals surface area contributed by atoms with E-state index in [0.717, 1.165) is 20.4 Å². The molecule has 0 bridgehead atoms. The molecule has 0 fully saturated rings. The van der Waals surface area contributed by atoms with E-state index in [1.54, 1.807) is 0 Å². The zero-order valence-electron chi connectivity index (χ0n) is 11.5. The lowest BCUT2D eigenvalue weighted by molar-refractivity contribution is 0.0939. The maximum absolute atomic E-state index is 12.3. The van der Waals surface area contributed by atoms with Gasteiger partial charge in [0.25, 0.3) is 5.91 Å². The first kappa shape index (κ1) is 14.8. The van der Waals surface area contributed by atoms with Gasteiger partial charge in [-0.1, -0.05) is 24.3 Å². The Balaban J connectivity index is 2.15. The van der Waals surface area contributed by atoms with Crippen molar-refractivity contribution in [1.82, 2.24) is 5.32 Å². The number of nitrogens with two attached hydrogens (primary N) is 1. The Kier molecular flexibility index (Phi) is 4.65. The van der Waals surface area contributed by atoms with E-state index >= 15 is 0 Å². The van der Waals surface area contributed by atoms with Crippen LogP contribution in [0.4, 0.5) is 5.69 Å². The summed E-state index contributed by atoms with van der Waals surface area (Å²) in [6.45, 7) is 3.97. The van der Waals surface area contributed by atoms with Gasteiger partial charge in [0.2, 0.25) is 0 Å². The minimum absolute atomic E-state index is 0.0533. The van der Waals surface area contributed by atoms with Crippen molar-refractivity contribution in [3.05, 3.63) is 62.7 Å². The fourth-order valence-corrected chi connectivity index (χ4v) is 2.57. The van der Waals surface area contributed by atoms with Crippen LogP contribution in [0.1, 0.15) is 34.5 Å². The van der Waals surface area contributed by atoms with Crippen molar-refractivity contribution in [2.24, 2.45) is 0 Å². The number of rotatable bonds is 3. The number of nitrogen functional groups attached to an aromatic ring is 1. The molecule has 0 aliphatic rings. The van der Waals surface area contributed by atoms with E-state index in [9.17, 15) is 4.79 Å². The van der Waals surface area contributed by atoms with Gasteiger partial charge in [0.15, 0.2) is 0 Å². The third-order valence-corrected chi connectivity index (χ3v) is 4.65. The van der Waals surface area contributed by atoms with Crippen molar-refractivity contribution < 1.29 is 4.79 Å². The Morgan fingerprint density at radius 1 is 1.20 bits per heavy atom. The summed E-state index contributed by atoms with van der Waals surface area (Å²) in [6.07, 6.45) is 0. The molecule has 2 aromatic rings. The van der Waals surface area contributed by atoms with E-state index in [4.69, 9.17) is 5.73 Å². The molecule has 0 aromatic heterocycles. The molecule has 4 heteroatoms. The normalized spacial score (nSPS) is 11.9. The third kappa shape index (κ3) is 3.30. The van der Waals surface area contributed by atoms with Crippen molar-refractivity contribution in [3.63, 3.8) is 0 Å². The fourth-order valence-electron chi connectivity index (χ4n) is 1.97. The second kappa shape index (κ2) is 6.26. The second-order valence-corrected chi connectivity index (χ2v) is 5.88. The van der Waals surface area contributed by atoms with Gasteiger partial charge in [-0.3, -0.25) is 4.79 Å². The van der Waals surface area contributed by atoms with Gasteiger partial charge in [0, 0.05) is 9.26 Å². The molecule has 1 atom stereocenters. The third-order valence-electron chi connectivity index (χ3n) is 3.22. The molecule has 0 aliphatic carbocycles. The number of aryl methyl sites for hydroxylation is 1. The summed E-state index contributed by atoms with van der Waals surface area (Å²) in [7, 11) is 0. The molecule has 20 heavy (non-hydrogen) atoms. The zero-order valence-corrected chi connectivity index (χ0v) is 13.6. The summed E-state index contributed by atoms with van der Waals surface area (Å²) in [6, 6.07) is 13.2. The standard InChI is InChI=1S/C16H17IN2O/c1-10-4-3-5-14(15(10)17)16(20)19-11(2)12-6-8-13(18)9-7-12/h3-9,11H,18H2,1-2H3,(H,19,20). The van der Waals surface area contributed by atoms with Crippen LogP contribution in [-0.2, 0) is 0 Å². The summed E-state index contributed by atoms with van der Waals surface area (Å²) in [5, 5.41) is 3.02. The van der Waals surface area contributed by atoms with E-state index in [0.29, 0.717) is 5.56 Å². The molecule has 3 nitrogen and oxygen atoms in total. The first-order chi connectivity index (χ1) is 9.49. The molecule has 0 spiro atoms. The lowest BCUT2D eigenvalue weighted by Crippen LogP contribution is -2.27. The van der Waals surface area contributed by atoms with Gasteiger partial charge < -0.3 is 11.1 Å². The van der Waals surface area contributed by atoms with Crippen LogP contribution in [0.25, 0.3) is 0 Å². The van der Waals surface area contributed by atoms with Gasteiger partial charge in [0.05, 0.1) is 11.6 Å². The zero-order chi connectivity index (χ0) is 14.7. The number of benzene rings is 2. The fraction of sp³-hybridized carbons (Fsp3) is 0.188. The number of carbonyl (C=O) groups is 1. The molecule has 0 radical (unpaired) electrons. The SMILES string of the molecule is Cc1cccc(C(=O)NC(C)c2ccc(N)cc2)c1I. The van der Waals surface area contributed by atoms with Crippen LogP contribution >= 0.6 is 22.6 Å². The molecular weight excluding hydrogens is 363 g/mol. The van der Waals surface area contributed by atoms with Gasteiger partial charge in [-0.15, -0.1) is 0 Å². The molecule has 0 aliphatic heterocycles. The predicted octanol–water partition coefficient (Wildman–Crippen LogP) is 3.67. The van der Waals surface area contributed by atoms with E-state index in [1.807, 2.05) is 56.3 Å². The molecular formula is C16H17IN2O. The highest BCUT2D eigenvalue weighted by Crippen LogP contribution is 2.19. The Bertz CT molecular complexity index is 623. The van der Waals surface area contributed by atoms with Crippen molar-refractivity contribution in [3.8, 4) is 0 Å². The lowest BCUT2D eigenvalue weighted by Gasteiger charge is -2.15. The van der Waals surface area contributed by atoms with E-state index in [-0.39, 0.29) is 11.9 Å². The highest BCUT2D eigenvalue weighted by Gasteiger charge is 2.14. The number of hydrogen-bond donors (Lipinski definition) is 2. The van der Waals surface area contributed by atoms with E-state index < -0.39 is 0 Å². The Hall–Kier alpha value is -1.56. The predicted molar refractivity (Wildman–Crippen MR) is 90.6 cm³/mol. The minimum atomic E-state index is -0.0561. The molecule has 2 rings (SSSR count). The summed E-state index contributed by atoms with van der Waals surface area (Å²) < 4.78 is 0.993. The molecule has 3 N–H and O–H groups in total. The monoisotopic (exact) mass is 380 g/mol. The van der Waals surface area contributed by atoms with Gasteiger partial charge >= 0.3 is 0 Å². The molecule has 2 aromatic carbocycles. The Labute approximate surface area is 132 Å². The van der Waals surface area contributed by atoms with Crippen LogP contribution in [0.5, 0.6) is 0 Å². The quantitative estimate of drug-likeness (QED) is 0.631. The summed E-state index contributed by atoms with van der Waals surface area (Å²) in [4.78, 5) is 12.3. The number of nitrogens with one attached hydrogen (secondary N) is 1. The highest BCUT2D eigenvalue weighted by molar-refractivity contribution is 14.1. The van der Waals surface area contributed by atoms with Crippen molar-refractivity contribution in [1.29, 1.82) is 0 Å². The Morgan fingerprint density at radius 2 is 1.85 bits per heavy atom. The van der Waals surface area contributed by atoms with E-state index in [2.05, 4.69) is 27.9 Å². The van der Waals surface area contributed by atoms with Crippen molar-refractivity contribution >= 4 is 34.2 Å². The van der Waals surface area contributed by atoms with Gasteiger partial charge in [0.1, 0.15) is 0 Å². The molecule has 0 heterocycles. The number of hydrogen-bond acceptors (Lipinski definition) is 2. The van der Waals surface area contributed by atoms with Crippen molar-refractivity contribution in [2.75, 3.05) is 5.73 Å². The summed E-state index contributed by atoms with van der Waals surface area (Å²) >= 11 is 2.21. The molecule has 1 amide bonds. The van der Waals surface area contributed by atoms with Crippen LogP contribution in [0.2, 0.25) is 0 Å². The number of carbonyl (C=O) groups excluding carboxylic acids is 1. The van der Waals surface area contributed by atoms with Crippen LogP contribution in [0, 0.1) is 10.5 Å². The molecule has 1 unspecified atom stereocenters. The second-order valence-electron chi connectivity index (χ2n) is 4.80. The lowest BCUT2D eigenvalue weighted by atomic mass is 10.1. The first-order valence-corrected chi connectivity index (χ1v) is 7.48. The van der Waals surface area contributed by atoms with E-state index in [1.165, 1.54) is 0 Å². The maximum atomic E-state index is 12.3. The summed E-state index contributed by atoms with van der Waals surface area (Å²) in [5.41, 5.74) is 9.25. The minimum Gasteiger partial charge on any atom is -0.399 e. The average molecular weight is 380 g/mol. The van der Waals surface area contributed by atoms with Gasteiger partial charge in [-0.2, -0.15) is 0 Å². The Morgan fingerprint density at radius 3 is 2.50 bits per heavy atom. The number of halogens is 1. The van der Waals surface area contributed by atoms with Crippen LogP contribution in [-0.4, -0.2) is 5.91 Å². The highest BCUT2D eigenvalue weighted by atomic mass is 127. The average Bonchev–Trinajstić information content (AvgIpc) is 2.42. The molecule has 104 valence electrons. The number of anilines is 1. The summed E-state index contributed by atoms with van der Waals surface area (Å²) in [5.74, 6) is -0.0533. The topological polar surface area (TPSA) is 55.1 Å². The maximum Gasteiger partial charge on any atom is 0.252 e. The molecule has 0 saturated heterocycles. The van der Waals surface area contributed by atoms with Crippen molar-refractivity contribution in [2.45, 2.75) is 19.9 Å². The van der Waals surface area contributed by atoms with Gasteiger partial charge in [-0.25, -0.2) is 0 Å². The smallest absolute Gasteiger partial charge is 0.252 e. The van der Waals surface area contributed by atoms with Crippen LogP contribution in [0.15, 0.2) is 42.5 Å². The molecule has 0 saturated carbocycles. The largest absolute Gasteiger partial charge is 0.399 e. The van der Waals surface area contributed by atoms with Crippen LogP contribution in [0.3, 0.4) is 0 Å². The van der Waals surface area contributed by atoms with Crippen LogP contribution < -0.4 is 11.1 Å².